The third-order valence-corrected chi connectivity index (χ3v) is 5.73. The number of carbonyl (C=O) groups is 3. The number of halogens is 2. The first-order chi connectivity index (χ1) is 16.0. The lowest BCUT2D eigenvalue weighted by molar-refractivity contribution is -0.137. The van der Waals surface area contributed by atoms with Gasteiger partial charge < -0.3 is 19.7 Å². The van der Waals surface area contributed by atoms with Gasteiger partial charge in [0.2, 0.25) is 0 Å². The molecule has 9 heteroatoms. The third kappa shape index (κ3) is 6.29. The Bertz CT molecular complexity index is 1080. The predicted molar refractivity (Wildman–Crippen MR) is 131 cm³/mol. The van der Waals surface area contributed by atoms with E-state index in [1.165, 1.54) is 0 Å². The second-order valence-corrected chi connectivity index (χ2v) is 10.1. The number of benzene rings is 2. The van der Waals surface area contributed by atoms with Gasteiger partial charge in [-0.25, -0.2) is 4.79 Å². The number of hydrogen-bond donors (Lipinski definition) is 1. The van der Waals surface area contributed by atoms with Crippen LogP contribution >= 0.6 is 23.2 Å². The minimum absolute atomic E-state index is 0.0519. The molecule has 1 N–H and O–H groups in total. The summed E-state index contributed by atoms with van der Waals surface area (Å²) in [4.78, 5) is 38.8. The summed E-state index contributed by atoms with van der Waals surface area (Å²) < 4.78 is 11.0. The Balaban J connectivity index is 2.05. The number of nitrogens with zero attached hydrogens (tertiary/aromatic N) is 1. The molecule has 7 nitrogen and oxygen atoms in total. The molecular formula is C25H28Cl2N2O5. The van der Waals surface area contributed by atoms with Crippen molar-refractivity contribution in [3.8, 4) is 0 Å². The summed E-state index contributed by atoms with van der Waals surface area (Å²) in [7, 11) is 0. The summed E-state index contributed by atoms with van der Waals surface area (Å²) in [5.41, 5.74) is 1.76. The van der Waals surface area contributed by atoms with E-state index in [1.807, 2.05) is 32.9 Å². The van der Waals surface area contributed by atoms with Gasteiger partial charge in [-0.2, -0.15) is 0 Å². The van der Waals surface area contributed by atoms with Crippen molar-refractivity contribution in [1.82, 2.24) is 5.32 Å². The van der Waals surface area contributed by atoms with Crippen molar-refractivity contribution in [2.45, 2.75) is 46.3 Å². The van der Waals surface area contributed by atoms with Gasteiger partial charge in [0.25, 0.3) is 5.91 Å². The Labute approximate surface area is 209 Å². The molecule has 3 rings (SSSR count). The van der Waals surface area contributed by atoms with Crippen LogP contribution in [-0.4, -0.2) is 37.2 Å². The summed E-state index contributed by atoms with van der Waals surface area (Å²) in [6.07, 6.45) is -2.68. The van der Waals surface area contributed by atoms with Crippen molar-refractivity contribution in [3.63, 3.8) is 0 Å². The highest BCUT2D eigenvalue weighted by molar-refractivity contribution is 6.31. The lowest BCUT2D eigenvalue weighted by atomic mass is 9.94. The highest BCUT2D eigenvalue weighted by Crippen LogP contribution is 2.42. The van der Waals surface area contributed by atoms with Gasteiger partial charge in [0.1, 0.15) is 6.10 Å². The second kappa shape index (κ2) is 10.8. The van der Waals surface area contributed by atoms with Gasteiger partial charge in [0, 0.05) is 39.8 Å². The zero-order chi connectivity index (χ0) is 25.0. The van der Waals surface area contributed by atoms with E-state index in [0.717, 1.165) is 0 Å². The molecule has 0 spiro atoms. The number of amides is 2. The molecule has 0 saturated carbocycles. The Hall–Kier alpha value is -2.61. The van der Waals surface area contributed by atoms with E-state index in [1.54, 1.807) is 42.2 Å². The smallest absolute Gasteiger partial charge is 0.376 e. The number of carbonyl (C=O) groups excluding carboxylic acids is 3. The maximum absolute atomic E-state index is 13.7. The summed E-state index contributed by atoms with van der Waals surface area (Å²) in [5.74, 6) is -1.01. The normalized spacial score (nSPS) is 18.2. The fourth-order valence-corrected chi connectivity index (χ4v) is 4.07. The van der Waals surface area contributed by atoms with Gasteiger partial charge in [-0.3, -0.25) is 9.59 Å². The largest absolute Gasteiger partial charge is 0.414 e. The van der Waals surface area contributed by atoms with Gasteiger partial charge in [0.05, 0.1) is 6.54 Å². The van der Waals surface area contributed by atoms with E-state index >= 15 is 0 Å². The number of hydrogen-bond acceptors (Lipinski definition) is 5. The molecule has 1 aliphatic rings. The third-order valence-electron chi connectivity index (χ3n) is 5.15. The molecule has 0 saturated heterocycles. The maximum atomic E-state index is 13.7. The Kier molecular flexibility index (Phi) is 8.23. The van der Waals surface area contributed by atoms with Gasteiger partial charge in [-0.15, -0.1) is 0 Å². The van der Waals surface area contributed by atoms with Crippen LogP contribution in [0.2, 0.25) is 10.0 Å². The minimum atomic E-state index is -1.07. The number of rotatable bonds is 5. The van der Waals surface area contributed by atoms with Crippen LogP contribution in [0.5, 0.6) is 0 Å². The van der Waals surface area contributed by atoms with E-state index in [9.17, 15) is 14.4 Å². The minimum Gasteiger partial charge on any atom is -0.376 e. The lowest BCUT2D eigenvalue weighted by Crippen LogP contribution is -2.48. The lowest BCUT2D eigenvalue weighted by Gasteiger charge is -2.31. The maximum Gasteiger partial charge on any atom is 0.414 e. The molecule has 0 aliphatic carbocycles. The molecule has 2 aromatic carbocycles. The number of fused-ring (bicyclic) bond motifs is 1. The van der Waals surface area contributed by atoms with Crippen LogP contribution < -0.4 is 10.2 Å². The average molecular weight is 507 g/mol. The first-order valence-electron chi connectivity index (χ1n) is 11.0. The van der Waals surface area contributed by atoms with Gasteiger partial charge in [0.15, 0.2) is 6.10 Å². The van der Waals surface area contributed by atoms with Crippen LogP contribution in [0, 0.1) is 5.41 Å². The molecule has 34 heavy (non-hydrogen) atoms. The molecule has 182 valence electrons. The molecule has 2 aromatic rings. The first-order valence-corrected chi connectivity index (χ1v) is 11.7. The topological polar surface area (TPSA) is 84.9 Å². The van der Waals surface area contributed by atoms with Crippen LogP contribution in [0.1, 0.15) is 51.3 Å². The number of esters is 1. The van der Waals surface area contributed by atoms with Crippen molar-refractivity contribution in [2.24, 2.45) is 5.41 Å². The molecule has 0 fully saturated rings. The summed E-state index contributed by atoms with van der Waals surface area (Å²) >= 11 is 12.8. The first kappa shape index (κ1) is 26.0. The van der Waals surface area contributed by atoms with Crippen LogP contribution in [0.3, 0.4) is 0 Å². The average Bonchev–Trinajstić information content (AvgIpc) is 2.87. The van der Waals surface area contributed by atoms with Crippen molar-refractivity contribution < 1.29 is 23.9 Å². The Morgan fingerprint density at radius 2 is 1.82 bits per heavy atom. The zero-order valence-corrected chi connectivity index (χ0v) is 21.1. The summed E-state index contributed by atoms with van der Waals surface area (Å²) in [5, 5.41) is 3.42. The summed E-state index contributed by atoms with van der Waals surface area (Å²) in [6.45, 7) is 7.84. The highest BCUT2D eigenvalue weighted by atomic mass is 35.5. The van der Waals surface area contributed by atoms with Gasteiger partial charge >= 0.3 is 12.1 Å². The Morgan fingerprint density at radius 1 is 1.12 bits per heavy atom. The Morgan fingerprint density at radius 3 is 2.47 bits per heavy atom. The van der Waals surface area contributed by atoms with E-state index in [-0.39, 0.29) is 24.3 Å². The molecule has 2 amide bonds. The second-order valence-electron chi connectivity index (χ2n) is 9.21. The van der Waals surface area contributed by atoms with Gasteiger partial charge in [-0.05, 0) is 29.7 Å². The van der Waals surface area contributed by atoms with E-state index in [0.29, 0.717) is 33.4 Å². The molecule has 0 aromatic heterocycles. The van der Waals surface area contributed by atoms with Crippen LogP contribution in [0.25, 0.3) is 0 Å². The highest BCUT2D eigenvalue weighted by Gasteiger charge is 2.38. The number of nitrogens with one attached hydrogen (secondary N) is 1. The zero-order valence-electron chi connectivity index (χ0n) is 19.6. The molecule has 2 unspecified atom stereocenters. The molecular weight excluding hydrogens is 479 g/mol. The molecule has 1 heterocycles. The number of ether oxygens (including phenoxy) is 2. The standard InChI is InChI=1S/C25H28Cl2N2O5/c1-5-21(30)34-24(32)28-13-20-23(31)29(14-25(2,3)4)19-11-10-15(26)12-17(19)22(33-20)16-8-6-7-9-18(16)27/h6-12,20,22H,5,13-14H2,1-4H3,(H,28,32). The quantitative estimate of drug-likeness (QED) is 0.425. The summed E-state index contributed by atoms with van der Waals surface area (Å²) in [6, 6.07) is 12.5. The van der Waals surface area contributed by atoms with Gasteiger partial charge in [-0.1, -0.05) is 69.1 Å². The van der Waals surface area contributed by atoms with Crippen molar-refractivity contribution in [1.29, 1.82) is 0 Å². The number of anilines is 1. The molecule has 0 radical (unpaired) electrons. The SMILES string of the molecule is CCC(=O)OC(=O)NCC1OC(c2ccccc2Cl)c2cc(Cl)ccc2N(CC(C)(C)C)C1=O. The molecule has 2 atom stereocenters. The van der Waals surface area contributed by atoms with Crippen molar-refractivity contribution >= 4 is 46.9 Å². The van der Waals surface area contributed by atoms with Crippen molar-refractivity contribution in [3.05, 3.63) is 63.6 Å². The predicted octanol–water partition coefficient (Wildman–Crippen LogP) is 5.52. The van der Waals surface area contributed by atoms with Crippen LogP contribution in [0.4, 0.5) is 10.5 Å². The van der Waals surface area contributed by atoms with E-state index in [4.69, 9.17) is 27.9 Å². The fourth-order valence-electron chi connectivity index (χ4n) is 3.66. The molecule has 0 bridgehead atoms. The van der Waals surface area contributed by atoms with Crippen molar-refractivity contribution in [2.75, 3.05) is 18.0 Å². The van der Waals surface area contributed by atoms with E-state index < -0.39 is 24.3 Å². The van der Waals surface area contributed by atoms with Crippen LogP contribution in [-0.2, 0) is 19.1 Å². The number of alkyl carbamates (subject to hydrolysis) is 1. The fraction of sp³-hybridized carbons (Fsp3) is 0.400. The monoisotopic (exact) mass is 506 g/mol. The molecule has 1 aliphatic heterocycles. The van der Waals surface area contributed by atoms with Crippen LogP contribution in [0.15, 0.2) is 42.5 Å². The van der Waals surface area contributed by atoms with E-state index in [2.05, 4.69) is 10.1 Å².